The van der Waals surface area contributed by atoms with Crippen LogP contribution in [0.5, 0.6) is 0 Å². The lowest BCUT2D eigenvalue weighted by atomic mass is 10.1. The normalized spacial score (nSPS) is 17.3. The second kappa shape index (κ2) is 7.40. The molecule has 0 aliphatic carbocycles. The highest BCUT2D eigenvalue weighted by Crippen LogP contribution is 2.34. The van der Waals surface area contributed by atoms with Crippen molar-refractivity contribution >= 4 is 46.4 Å². The second-order valence-corrected chi connectivity index (χ2v) is 6.84. The van der Waals surface area contributed by atoms with Gasteiger partial charge in [-0.1, -0.05) is 29.3 Å². The van der Waals surface area contributed by atoms with Crippen molar-refractivity contribution in [3.05, 3.63) is 58.1 Å². The van der Waals surface area contributed by atoms with Crippen LogP contribution in [-0.2, 0) is 15.8 Å². The van der Waals surface area contributed by atoms with Crippen molar-refractivity contribution in [1.82, 2.24) is 0 Å². The van der Waals surface area contributed by atoms with Crippen LogP contribution >= 0.6 is 23.2 Å². The number of hydrogen-bond acceptors (Lipinski definition) is 2. The van der Waals surface area contributed by atoms with Gasteiger partial charge in [0, 0.05) is 17.3 Å². The minimum atomic E-state index is -4.52. The largest absolute Gasteiger partial charge is 0.416 e. The van der Waals surface area contributed by atoms with E-state index in [0.29, 0.717) is 10.7 Å². The van der Waals surface area contributed by atoms with E-state index in [1.165, 1.54) is 23.1 Å². The van der Waals surface area contributed by atoms with E-state index < -0.39 is 29.5 Å². The molecule has 1 aliphatic heterocycles. The Kier molecular flexibility index (Phi) is 5.35. The fraction of sp³-hybridized carbons (Fsp3) is 0.222. The molecule has 1 atom stereocenters. The Morgan fingerprint density at radius 1 is 1.15 bits per heavy atom. The molecule has 1 heterocycles. The van der Waals surface area contributed by atoms with Crippen LogP contribution in [-0.4, -0.2) is 18.4 Å². The number of nitrogens with zero attached hydrogens (tertiary/aromatic N) is 1. The van der Waals surface area contributed by atoms with E-state index >= 15 is 0 Å². The molecule has 1 N–H and O–H groups in total. The van der Waals surface area contributed by atoms with Crippen molar-refractivity contribution in [2.45, 2.75) is 12.6 Å². The Labute approximate surface area is 162 Å². The molecule has 0 bridgehead atoms. The Balaban J connectivity index is 1.74. The van der Waals surface area contributed by atoms with E-state index in [1.54, 1.807) is 12.1 Å². The first kappa shape index (κ1) is 19.5. The molecule has 142 valence electrons. The molecule has 2 aromatic rings. The summed E-state index contributed by atoms with van der Waals surface area (Å²) < 4.78 is 38.3. The fourth-order valence-corrected chi connectivity index (χ4v) is 3.38. The monoisotopic (exact) mass is 416 g/mol. The number of halogens is 5. The molecule has 0 unspecified atom stereocenters. The third-order valence-corrected chi connectivity index (χ3v) is 4.72. The van der Waals surface area contributed by atoms with Crippen molar-refractivity contribution < 1.29 is 22.8 Å². The first-order valence-corrected chi connectivity index (χ1v) is 8.67. The van der Waals surface area contributed by atoms with Gasteiger partial charge in [-0.15, -0.1) is 0 Å². The number of alkyl halides is 3. The Hall–Kier alpha value is -2.25. The first-order chi connectivity index (χ1) is 12.7. The van der Waals surface area contributed by atoms with Gasteiger partial charge in [0.25, 0.3) is 0 Å². The van der Waals surface area contributed by atoms with Gasteiger partial charge in [-0.25, -0.2) is 0 Å². The molecule has 0 spiro atoms. The summed E-state index contributed by atoms with van der Waals surface area (Å²) in [6.07, 6.45) is -4.30. The van der Waals surface area contributed by atoms with E-state index in [0.717, 1.165) is 12.1 Å². The standard InChI is InChI=1S/C18H13Cl2F3N2O2/c19-11-4-5-15(14(20)9-11)25-7-6-13(17(25)27)16(26)24-12-3-1-2-10(8-12)18(21,22)23/h1-5,8-9,13H,6-7H2,(H,24,26)/t13-/m1/s1. The van der Waals surface area contributed by atoms with E-state index in [4.69, 9.17) is 23.2 Å². The molecule has 9 heteroatoms. The van der Waals surface area contributed by atoms with Gasteiger partial charge < -0.3 is 10.2 Å². The lowest BCUT2D eigenvalue weighted by Crippen LogP contribution is -2.33. The average Bonchev–Trinajstić information content (AvgIpc) is 2.96. The molecular weight excluding hydrogens is 404 g/mol. The van der Waals surface area contributed by atoms with Crippen LogP contribution in [0.4, 0.5) is 24.5 Å². The summed E-state index contributed by atoms with van der Waals surface area (Å²) in [5, 5.41) is 3.07. The number of anilines is 2. The SMILES string of the molecule is O=C(Nc1cccc(C(F)(F)F)c1)[C@H]1CCN(c2ccc(Cl)cc2Cl)C1=O. The molecule has 0 aromatic heterocycles. The minimum absolute atomic E-state index is 0.0226. The first-order valence-electron chi connectivity index (χ1n) is 7.91. The van der Waals surface area contributed by atoms with Gasteiger partial charge in [0.2, 0.25) is 11.8 Å². The molecule has 27 heavy (non-hydrogen) atoms. The van der Waals surface area contributed by atoms with Gasteiger partial charge in [-0.3, -0.25) is 9.59 Å². The number of rotatable bonds is 3. The molecule has 2 aromatic carbocycles. The van der Waals surface area contributed by atoms with Gasteiger partial charge in [0.15, 0.2) is 0 Å². The van der Waals surface area contributed by atoms with Crippen molar-refractivity contribution in [1.29, 1.82) is 0 Å². The maximum atomic E-state index is 12.8. The highest BCUT2D eigenvalue weighted by molar-refractivity contribution is 6.37. The van der Waals surface area contributed by atoms with Crippen molar-refractivity contribution in [3.63, 3.8) is 0 Å². The van der Waals surface area contributed by atoms with Crippen LogP contribution in [0.2, 0.25) is 10.0 Å². The summed E-state index contributed by atoms with van der Waals surface area (Å²) in [7, 11) is 0. The summed E-state index contributed by atoms with van der Waals surface area (Å²) >= 11 is 11.9. The number of amides is 2. The number of carbonyl (C=O) groups excluding carboxylic acids is 2. The molecule has 1 saturated heterocycles. The topological polar surface area (TPSA) is 49.4 Å². The van der Waals surface area contributed by atoms with E-state index in [9.17, 15) is 22.8 Å². The van der Waals surface area contributed by atoms with Gasteiger partial charge in [0.1, 0.15) is 5.92 Å². The maximum absolute atomic E-state index is 12.8. The quantitative estimate of drug-likeness (QED) is 0.715. The zero-order valence-corrected chi connectivity index (χ0v) is 15.2. The summed E-state index contributed by atoms with van der Waals surface area (Å²) in [6.45, 7) is 0.265. The molecule has 2 amide bonds. The molecule has 1 fully saturated rings. The second-order valence-electron chi connectivity index (χ2n) is 5.99. The van der Waals surface area contributed by atoms with Gasteiger partial charge in [0.05, 0.1) is 16.3 Å². The molecular formula is C18H13Cl2F3N2O2. The number of nitrogens with one attached hydrogen (secondary N) is 1. The maximum Gasteiger partial charge on any atom is 0.416 e. The lowest BCUT2D eigenvalue weighted by Gasteiger charge is -2.18. The summed E-state index contributed by atoms with van der Waals surface area (Å²) in [4.78, 5) is 26.4. The smallest absolute Gasteiger partial charge is 0.325 e. The molecule has 0 saturated carbocycles. The van der Waals surface area contributed by atoms with E-state index in [1.807, 2.05) is 0 Å². The Bertz CT molecular complexity index is 902. The number of benzene rings is 2. The third kappa shape index (κ3) is 4.20. The third-order valence-electron chi connectivity index (χ3n) is 4.18. The van der Waals surface area contributed by atoms with E-state index in [-0.39, 0.29) is 23.7 Å². The highest BCUT2D eigenvalue weighted by atomic mass is 35.5. The van der Waals surface area contributed by atoms with Crippen LogP contribution in [0.1, 0.15) is 12.0 Å². The number of carbonyl (C=O) groups is 2. The van der Waals surface area contributed by atoms with Crippen molar-refractivity contribution in [2.24, 2.45) is 5.92 Å². The van der Waals surface area contributed by atoms with Crippen LogP contribution in [0, 0.1) is 5.92 Å². The zero-order chi connectivity index (χ0) is 19.8. The minimum Gasteiger partial charge on any atom is -0.325 e. The molecule has 3 rings (SSSR count). The van der Waals surface area contributed by atoms with Crippen molar-refractivity contribution in [3.8, 4) is 0 Å². The average molecular weight is 417 g/mol. The van der Waals surface area contributed by atoms with Gasteiger partial charge >= 0.3 is 6.18 Å². The summed E-state index contributed by atoms with van der Waals surface area (Å²) in [5.74, 6) is -2.14. The molecule has 0 radical (unpaired) electrons. The van der Waals surface area contributed by atoms with E-state index in [2.05, 4.69) is 5.32 Å². The zero-order valence-electron chi connectivity index (χ0n) is 13.7. The van der Waals surface area contributed by atoms with Crippen LogP contribution in [0.15, 0.2) is 42.5 Å². The molecule has 1 aliphatic rings. The van der Waals surface area contributed by atoms with Crippen LogP contribution in [0.25, 0.3) is 0 Å². The summed E-state index contributed by atoms with van der Waals surface area (Å²) in [6, 6.07) is 8.89. The van der Waals surface area contributed by atoms with Crippen LogP contribution < -0.4 is 10.2 Å². The lowest BCUT2D eigenvalue weighted by molar-refractivity contribution is -0.137. The summed E-state index contributed by atoms with van der Waals surface area (Å²) in [5.41, 5.74) is -0.473. The van der Waals surface area contributed by atoms with Gasteiger partial charge in [-0.2, -0.15) is 13.2 Å². The Morgan fingerprint density at radius 3 is 2.56 bits per heavy atom. The van der Waals surface area contributed by atoms with Crippen molar-refractivity contribution in [2.75, 3.05) is 16.8 Å². The fourth-order valence-electron chi connectivity index (χ4n) is 2.87. The van der Waals surface area contributed by atoms with Gasteiger partial charge in [-0.05, 0) is 42.8 Å². The van der Waals surface area contributed by atoms with Crippen LogP contribution in [0.3, 0.4) is 0 Å². The number of hydrogen-bond donors (Lipinski definition) is 1. The predicted octanol–water partition coefficient (Wildman–Crippen LogP) is 5.00. The predicted molar refractivity (Wildman–Crippen MR) is 97.0 cm³/mol. The Morgan fingerprint density at radius 2 is 1.89 bits per heavy atom. The highest BCUT2D eigenvalue weighted by Gasteiger charge is 2.38. The molecule has 4 nitrogen and oxygen atoms in total.